The summed E-state index contributed by atoms with van der Waals surface area (Å²) in [6.45, 7) is 56.8. The summed E-state index contributed by atoms with van der Waals surface area (Å²) in [6.07, 6.45) is 26.8. The SMILES string of the molecule is C.C/C=C/c1cc(-c2cc3c(cc2C)C(C)(C)CCC3(C)C)c(O)cn1.Cc1cc2c(cc1-c1cc(/C=C/C(=O)O)ncc1F)C(C)(C)CCC2(C)C.Cc1cnc(/C=C/C(=O)O)cc1-c1cc2c(cc1C)C(C)(C)CCC2(C)C.[C-]#[N+]c1cnc(/C=C/C(=O)O)cc1-c1cc2c(cc1C)C(C)(C)CCC2(C)C. The number of benzene rings is 4. The number of aromatic nitrogens is 4. The Labute approximate surface area is 642 Å². The lowest BCUT2D eigenvalue weighted by atomic mass is 9.62. The van der Waals surface area contributed by atoms with Crippen LogP contribution in [0.1, 0.15) is 272 Å². The third-order valence-electron chi connectivity index (χ3n) is 23.4. The smallest absolute Gasteiger partial charge is 0.328 e. The van der Waals surface area contributed by atoms with Gasteiger partial charge in [0.1, 0.15) is 11.6 Å². The molecule has 0 bridgehead atoms. The summed E-state index contributed by atoms with van der Waals surface area (Å²) in [5.74, 6) is -3.21. The zero-order valence-corrected chi connectivity index (χ0v) is 67.1. The molecule has 4 aromatic carbocycles. The van der Waals surface area contributed by atoms with Crippen molar-refractivity contribution in [3.05, 3.63) is 234 Å². The number of aliphatic carboxylic acids is 3. The second-order valence-corrected chi connectivity index (χ2v) is 35.3. The number of allylic oxidation sites excluding steroid dienone is 1. The predicted octanol–water partition coefficient (Wildman–Crippen LogP) is 24.3. The number of aryl methyl sites for hydroxylation is 5. The van der Waals surface area contributed by atoms with Crippen LogP contribution in [-0.4, -0.2) is 58.3 Å². The molecule has 0 fully saturated rings. The van der Waals surface area contributed by atoms with Gasteiger partial charge in [-0.15, -0.1) is 0 Å². The summed E-state index contributed by atoms with van der Waals surface area (Å²) in [7, 11) is 0. The standard InChI is InChI=1S/C24H26N2O2.C24H29NO2.C23H26FNO2.C23H29NO.CH4/c1-15-11-19-20(24(4,5)10-9-23(19,2)3)13-17(15)18-12-16(7-8-22(27)28)26-14-21(18)25-6;1-15-11-20-21(24(5,6)10-9-23(20,3)4)13-19(15)18-12-17(7-8-22(26)27)25-14-16(18)2;1-14-10-18-19(23(4,5)9-8-22(18,2)3)12-16(14)17-11-15(6-7-21(26)27)25-13-20(17)24;1-7-8-16-12-18(21(25)14-24-16)17-13-20-19(11-15(17)2)22(3,4)9-10-23(20,5)6;/h7-8,11-14H,9-10H2,1-5H3,(H,27,28);7-8,11-14H,9-10H2,1-6H3,(H,26,27);6-7,10-13H,8-9H2,1-5H3,(H,26,27);7-8,11-14,25H,9-10H2,1-6H3;1H4/b2*8-7+;7-6+;8-7+;. The topological polar surface area (TPSA) is 188 Å². The van der Waals surface area contributed by atoms with Gasteiger partial charge in [0.05, 0.1) is 41.7 Å². The highest BCUT2D eigenvalue weighted by Crippen LogP contribution is 2.53. The molecule has 0 aliphatic heterocycles. The average molecular weight is 1460 g/mol. The maximum Gasteiger partial charge on any atom is 0.328 e. The Morgan fingerprint density at radius 2 is 0.611 bits per heavy atom. The second-order valence-electron chi connectivity index (χ2n) is 35.3. The summed E-state index contributed by atoms with van der Waals surface area (Å²) in [4.78, 5) is 52.9. The van der Waals surface area contributed by atoms with Crippen LogP contribution in [0.15, 0.2) is 122 Å². The summed E-state index contributed by atoms with van der Waals surface area (Å²) >= 11 is 0. The maximum atomic E-state index is 14.6. The largest absolute Gasteiger partial charge is 0.506 e. The number of carboxylic acids is 3. The van der Waals surface area contributed by atoms with Crippen molar-refractivity contribution in [3.63, 3.8) is 0 Å². The zero-order chi connectivity index (χ0) is 79.1. The molecule has 12 nitrogen and oxygen atoms in total. The van der Waals surface area contributed by atoms with Crippen LogP contribution < -0.4 is 0 Å². The monoisotopic (exact) mass is 1460 g/mol. The van der Waals surface area contributed by atoms with E-state index in [-0.39, 0.29) is 56.5 Å². The Morgan fingerprint density at radius 1 is 0.361 bits per heavy atom. The van der Waals surface area contributed by atoms with Crippen molar-refractivity contribution in [1.82, 2.24) is 19.9 Å². The van der Waals surface area contributed by atoms with E-state index in [1.807, 2.05) is 50.4 Å². The molecule has 568 valence electrons. The van der Waals surface area contributed by atoms with E-state index in [0.717, 1.165) is 106 Å². The molecule has 0 unspecified atom stereocenters. The first-order valence-electron chi connectivity index (χ1n) is 37.4. The molecule has 4 aliphatic carbocycles. The number of fused-ring (bicyclic) bond motifs is 4. The van der Waals surface area contributed by atoms with E-state index in [4.69, 9.17) is 21.9 Å². The summed E-state index contributed by atoms with van der Waals surface area (Å²) in [6, 6.07) is 25.6. The van der Waals surface area contributed by atoms with E-state index in [1.165, 1.54) is 105 Å². The van der Waals surface area contributed by atoms with Crippen molar-refractivity contribution in [3.8, 4) is 50.3 Å². The lowest BCUT2D eigenvalue weighted by molar-refractivity contribution is -0.132. The number of hydrogen-bond donors (Lipinski definition) is 4. The van der Waals surface area contributed by atoms with E-state index in [2.05, 4.69) is 212 Å². The van der Waals surface area contributed by atoms with Gasteiger partial charge in [0, 0.05) is 41.7 Å². The van der Waals surface area contributed by atoms with E-state index in [0.29, 0.717) is 28.3 Å². The molecule has 0 amide bonds. The van der Waals surface area contributed by atoms with Gasteiger partial charge in [-0.05, 0) is 303 Å². The van der Waals surface area contributed by atoms with E-state index < -0.39 is 23.7 Å². The molecule has 4 heterocycles. The first-order valence-corrected chi connectivity index (χ1v) is 37.4. The Kier molecular flexibility index (Phi) is 24.6. The predicted molar refractivity (Wildman–Crippen MR) is 443 cm³/mol. The number of carboxylic acid groups (broad SMARTS) is 3. The van der Waals surface area contributed by atoms with Gasteiger partial charge in [0.15, 0.2) is 0 Å². The number of hydrogen-bond acceptors (Lipinski definition) is 8. The van der Waals surface area contributed by atoms with Gasteiger partial charge in [-0.1, -0.05) is 161 Å². The highest BCUT2D eigenvalue weighted by Gasteiger charge is 2.42. The molecule has 13 heteroatoms. The number of halogens is 1. The molecule has 0 radical (unpaired) electrons. The minimum Gasteiger partial charge on any atom is -0.506 e. The number of rotatable bonds is 11. The quantitative estimate of drug-likeness (QED) is 0.0713. The maximum absolute atomic E-state index is 14.6. The molecule has 0 spiro atoms. The van der Waals surface area contributed by atoms with Crippen LogP contribution in [0.25, 0.3) is 73.7 Å². The van der Waals surface area contributed by atoms with Crippen molar-refractivity contribution in [2.75, 3.05) is 0 Å². The highest BCUT2D eigenvalue weighted by atomic mass is 19.1. The van der Waals surface area contributed by atoms with Crippen molar-refractivity contribution in [2.45, 2.75) is 254 Å². The number of pyridine rings is 4. The Balaban J connectivity index is 0.000000181. The fourth-order valence-electron chi connectivity index (χ4n) is 16.0. The third-order valence-corrected chi connectivity index (χ3v) is 23.4. The van der Waals surface area contributed by atoms with Crippen LogP contribution in [0.4, 0.5) is 10.1 Å². The molecule has 108 heavy (non-hydrogen) atoms. The molecule has 12 rings (SSSR count). The average Bonchev–Trinajstić information content (AvgIpc) is 0.761. The molecular formula is C95H114FN5O7. The fraction of sp³-hybridized carbons (Fsp3) is 0.411. The molecule has 4 aliphatic rings. The number of nitrogens with zero attached hydrogens (tertiary/aromatic N) is 5. The van der Waals surface area contributed by atoms with Crippen LogP contribution in [-0.2, 0) is 57.7 Å². The zero-order valence-electron chi connectivity index (χ0n) is 67.1. The van der Waals surface area contributed by atoms with Gasteiger partial charge in [0.2, 0.25) is 5.69 Å². The van der Waals surface area contributed by atoms with Crippen LogP contribution in [0, 0.1) is 47.0 Å². The second kappa shape index (κ2) is 31.7. The number of aromatic hydroxyl groups is 1. The minimum atomic E-state index is -1.06. The fourth-order valence-corrected chi connectivity index (χ4v) is 16.0. The Hall–Kier alpha value is -9.93. The lowest BCUT2D eigenvalue weighted by Gasteiger charge is -2.42. The van der Waals surface area contributed by atoms with Gasteiger partial charge < -0.3 is 20.4 Å². The van der Waals surface area contributed by atoms with Gasteiger partial charge in [0.25, 0.3) is 0 Å². The molecule has 4 N–H and O–H groups in total. The van der Waals surface area contributed by atoms with Crippen LogP contribution in [0.2, 0.25) is 0 Å². The highest BCUT2D eigenvalue weighted by molar-refractivity contribution is 5.88. The Morgan fingerprint density at radius 3 is 0.944 bits per heavy atom. The van der Waals surface area contributed by atoms with Crippen molar-refractivity contribution in [2.24, 2.45) is 0 Å². The molecule has 8 aromatic rings. The molecule has 0 saturated heterocycles. The van der Waals surface area contributed by atoms with Crippen LogP contribution in [0.5, 0.6) is 5.75 Å². The summed E-state index contributed by atoms with van der Waals surface area (Å²) < 4.78 is 14.6. The molecule has 0 atom stereocenters. The van der Waals surface area contributed by atoms with Crippen LogP contribution >= 0.6 is 0 Å². The van der Waals surface area contributed by atoms with Crippen molar-refractivity contribution >= 4 is 47.9 Å². The van der Waals surface area contributed by atoms with E-state index >= 15 is 0 Å². The molecule has 0 saturated carbocycles. The van der Waals surface area contributed by atoms with Crippen molar-refractivity contribution < 1.29 is 39.2 Å². The first kappa shape index (κ1) is 83.7. The van der Waals surface area contributed by atoms with Crippen LogP contribution in [0.3, 0.4) is 0 Å². The number of carbonyl (C=O) groups is 3. The normalized spacial score (nSPS) is 17.5. The molecular weight excluding hydrogens is 1340 g/mol. The first-order chi connectivity index (χ1) is 49.7. The van der Waals surface area contributed by atoms with Crippen molar-refractivity contribution in [1.29, 1.82) is 0 Å². The minimum absolute atomic E-state index is 0. The van der Waals surface area contributed by atoms with Gasteiger partial charge in [-0.2, -0.15) is 0 Å². The lowest BCUT2D eigenvalue weighted by Crippen LogP contribution is -2.34. The van der Waals surface area contributed by atoms with Gasteiger partial charge >= 0.3 is 17.9 Å². The van der Waals surface area contributed by atoms with E-state index in [9.17, 15) is 23.9 Å². The third kappa shape index (κ3) is 18.3. The summed E-state index contributed by atoms with van der Waals surface area (Å²) in [5.41, 5.74) is 28.1. The van der Waals surface area contributed by atoms with Gasteiger partial charge in [-0.3, -0.25) is 19.9 Å². The summed E-state index contributed by atoms with van der Waals surface area (Å²) in [5, 5.41) is 37.0. The molecule has 4 aromatic heterocycles. The van der Waals surface area contributed by atoms with E-state index in [1.54, 1.807) is 18.3 Å². The van der Waals surface area contributed by atoms with Gasteiger partial charge in [-0.25, -0.2) is 23.6 Å². The Bertz CT molecular complexity index is 4830.